The summed E-state index contributed by atoms with van der Waals surface area (Å²) in [5.41, 5.74) is 3.35. The van der Waals surface area contributed by atoms with Crippen molar-refractivity contribution in [1.29, 1.82) is 0 Å². The standard InChI is InChI=1S/C24H33N3O4S/c1-16-7-9-17(10-8-16)22(28)27(26-12-13-31-18-6-5-11-25-15-18)19-14-20(24(2,3)4)32-21(19)23(29)30/h5-6,11,14-17,26H,7-10,12-13H2,1-4H3,(H,29,30). The van der Waals surface area contributed by atoms with Crippen molar-refractivity contribution in [2.45, 2.75) is 58.8 Å². The van der Waals surface area contributed by atoms with E-state index in [9.17, 15) is 14.7 Å². The van der Waals surface area contributed by atoms with Crippen LogP contribution in [0.4, 0.5) is 5.69 Å². The second kappa shape index (κ2) is 10.4. The molecule has 0 unspecified atom stereocenters. The maximum Gasteiger partial charge on any atom is 0.348 e. The van der Waals surface area contributed by atoms with Gasteiger partial charge in [-0.1, -0.05) is 27.7 Å². The summed E-state index contributed by atoms with van der Waals surface area (Å²) < 4.78 is 5.69. The first-order valence-corrected chi connectivity index (χ1v) is 12.0. The average molecular weight is 460 g/mol. The van der Waals surface area contributed by atoms with Gasteiger partial charge in [0.2, 0.25) is 5.91 Å². The second-order valence-corrected chi connectivity index (χ2v) is 10.5. The van der Waals surface area contributed by atoms with Crippen molar-refractivity contribution in [3.8, 4) is 5.75 Å². The molecule has 0 radical (unpaired) electrons. The summed E-state index contributed by atoms with van der Waals surface area (Å²) in [6.07, 6.45) is 6.97. The van der Waals surface area contributed by atoms with Gasteiger partial charge < -0.3 is 9.84 Å². The normalized spacial score (nSPS) is 18.9. The minimum Gasteiger partial charge on any atom is -0.491 e. The Bertz CT molecular complexity index is 915. The molecule has 3 rings (SSSR count). The van der Waals surface area contributed by atoms with Crippen molar-refractivity contribution in [2.24, 2.45) is 11.8 Å². The van der Waals surface area contributed by atoms with E-state index in [2.05, 4.69) is 17.3 Å². The minimum absolute atomic E-state index is 0.0703. The second-order valence-electron chi connectivity index (χ2n) is 9.46. The molecular weight excluding hydrogens is 426 g/mol. The maximum atomic E-state index is 13.5. The van der Waals surface area contributed by atoms with Gasteiger partial charge in [0.15, 0.2) is 0 Å². The lowest BCUT2D eigenvalue weighted by molar-refractivity contribution is -0.124. The van der Waals surface area contributed by atoms with Crippen LogP contribution in [0.1, 0.15) is 67.9 Å². The minimum atomic E-state index is -1.02. The van der Waals surface area contributed by atoms with Crippen LogP contribution in [0.5, 0.6) is 5.75 Å². The number of rotatable bonds is 8. The Kier molecular flexibility index (Phi) is 7.90. The first kappa shape index (κ1) is 24.2. The van der Waals surface area contributed by atoms with Gasteiger partial charge in [0.25, 0.3) is 0 Å². The molecule has 2 aromatic rings. The first-order valence-electron chi connectivity index (χ1n) is 11.1. The molecule has 0 atom stereocenters. The summed E-state index contributed by atoms with van der Waals surface area (Å²) >= 11 is 1.23. The molecule has 0 aliphatic heterocycles. The molecule has 7 nitrogen and oxygen atoms in total. The number of carboxylic acids is 1. The molecule has 0 bridgehead atoms. The average Bonchev–Trinajstić information content (AvgIpc) is 3.21. The van der Waals surface area contributed by atoms with Gasteiger partial charge in [-0.3, -0.25) is 9.78 Å². The number of nitrogens with one attached hydrogen (secondary N) is 1. The third kappa shape index (κ3) is 6.07. The van der Waals surface area contributed by atoms with Gasteiger partial charge >= 0.3 is 5.97 Å². The number of carbonyl (C=O) groups is 2. The lowest BCUT2D eigenvalue weighted by Gasteiger charge is -2.31. The predicted octanol–water partition coefficient (Wildman–Crippen LogP) is 4.88. The first-order chi connectivity index (χ1) is 15.2. The summed E-state index contributed by atoms with van der Waals surface area (Å²) in [5, 5.41) is 11.3. The molecule has 1 aliphatic carbocycles. The molecule has 0 saturated heterocycles. The highest BCUT2D eigenvalue weighted by Crippen LogP contribution is 2.38. The molecule has 0 aromatic carbocycles. The summed E-state index contributed by atoms with van der Waals surface area (Å²) in [6, 6.07) is 5.45. The Balaban J connectivity index is 1.82. The van der Waals surface area contributed by atoms with E-state index in [0.29, 0.717) is 30.5 Å². The van der Waals surface area contributed by atoms with E-state index in [1.54, 1.807) is 18.5 Å². The fourth-order valence-corrected chi connectivity index (χ4v) is 4.84. The highest BCUT2D eigenvalue weighted by atomic mass is 32.1. The topological polar surface area (TPSA) is 91.8 Å². The summed E-state index contributed by atoms with van der Waals surface area (Å²) in [4.78, 5) is 30.7. The van der Waals surface area contributed by atoms with Crippen molar-refractivity contribution in [2.75, 3.05) is 18.2 Å². The number of thiophene rings is 1. The third-order valence-electron chi connectivity index (χ3n) is 5.75. The van der Waals surface area contributed by atoms with E-state index in [1.165, 1.54) is 16.3 Å². The molecule has 174 valence electrons. The Labute approximate surface area is 193 Å². The van der Waals surface area contributed by atoms with Crippen LogP contribution < -0.4 is 15.2 Å². The number of hydrazine groups is 1. The lowest BCUT2D eigenvalue weighted by atomic mass is 9.82. The van der Waals surface area contributed by atoms with Crippen molar-refractivity contribution in [3.05, 3.63) is 40.3 Å². The number of carbonyl (C=O) groups excluding carboxylic acids is 1. The fraction of sp³-hybridized carbons (Fsp3) is 0.542. The third-order valence-corrected chi connectivity index (χ3v) is 7.29. The van der Waals surface area contributed by atoms with E-state index >= 15 is 0 Å². The number of nitrogens with zero attached hydrogens (tertiary/aromatic N) is 2. The maximum absolute atomic E-state index is 13.5. The van der Waals surface area contributed by atoms with Gasteiger partial charge in [0.05, 0.1) is 11.9 Å². The van der Waals surface area contributed by atoms with Crippen LogP contribution in [-0.4, -0.2) is 35.1 Å². The van der Waals surface area contributed by atoms with Gasteiger partial charge in [-0.2, -0.15) is 0 Å². The van der Waals surface area contributed by atoms with Gasteiger partial charge in [0, 0.05) is 23.5 Å². The Morgan fingerprint density at radius 1 is 1.28 bits per heavy atom. The van der Waals surface area contributed by atoms with Crippen molar-refractivity contribution >= 4 is 28.9 Å². The lowest BCUT2D eigenvalue weighted by Crippen LogP contribution is -2.48. The quantitative estimate of drug-likeness (QED) is 0.432. The van der Waals surface area contributed by atoms with Gasteiger partial charge in [-0.05, 0) is 55.2 Å². The number of anilines is 1. The van der Waals surface area contributed by atoms with E-state index in [0.717, 1.165) is 30.6 Å². The highest BCUT2D eigenvalue weighted by Gasteiger charge is 2.33. The number of aromatic carboxylic acids is 1. The van der Waals surface area contributed by atoms with E-state index in [1.807, 2.05) is 32.9 Å². The van der Waals surface area contributed by atoms with Crippen LogP contribution in [0.15, 0.2) is 30.6 Å². The van der Waals surface area contributed by atoms with E-state index in [-0.39, 0.29) is 22.1 Å². The molecule has 2 aromatic heterocycles. The predicted molar refractivity (Wildman–Crippen MR) is 126 cm³/mol. The van der Waals surface area contributed by atoms with Crippen LogP contribution in [0.25, 0.3) is 0 Å². The monoisotopic (exact) mass is 459 g/mol. The van der Waals surface area contributed by atoms with Crippen LogP contribution in [0, 0.1) is 11.8 Å². The van der Waals surface area contributed by atoms with E-state index < -0.39 is 5.97 Å². The number of hydrogen-bond donors (Lipinski definition) is 2. The molecule has 2 heterocycles. The smallest absolute Gasteiger partial charge is 0.348 e. The SMILES string of the molecule is CC1CCC(C(=O)N(NCCOc2cccnc2)c2cc(C(C)(C)C)sc2C(=O)O)CC1. The number of hydrogen-bond acceptors (Lipinski definition) is 6. The zero-order chi connectivity index (χ0) is 23.3. The number of aromatic nitrogens is 1. The fourth-order valence-electron chi connectivity index (χ4n) is 3.80. The molecule has 1 aliphatic rings. The molecule has 1 saturated carbocycles. The summed E-state index contributed by atoms with van der Waals surface area (Å²) in [7, 11) is 0. The largest absolute Gasteiger partial charge is 0.491 e. The van der Waals surface area contributed by atoms with Crippen LogP contribution >= 0.6 is 11.3 Å². The van der Waals surface area contributed by atoms with Crippen molar-refractivity contribution < 1.29 is 19.4 Å². The zero-order valence-corrected chi connectivity index (χ0v) is 20.1. The van der Waals surface area contributed by atoms with E-state index in [4.69, 9.17) is 4.74 Å². The Hall–Kier alpha value is -2.45. The molecule has 2 N–H and O–H groups in total. The number of ether oxygens (including phenoxy) is 1. The molecule has 1 fully saturated rings. The Morgan fingerprint density at radius 3 is 2.59 bits per heavy atom. The van der Waals surface area contributed by atoms with Crippen LogP contribution in [0.2, 0.25) is 0 Å². The zero-order valence-electron chi connectivity index (χ0n) is 19.3. The van der Waals surface area contributed by atoms with Crippen LogP contribution in [-0.2, 0) is 10.2 Å². The van der Waals surface area contributed by atoms with Crippen LogP contribution in [0.3, 0.4) is 0 Å². The van der Waals surface area contributed by atoms with Gasteiger partial charge in [0.1, 0.15) is 17.2 Å². The summed E-state index contributed by atoms with van der Waals surface area (Å²) in [6.45, 7) is 9.00. The molecule has 0 spiro atoms. The number of pyridine rings is 1. The highest BCUT2D eigenvalue weighted by molar-refractivity contribution is 7.14. The van der Waals surface area contributed by atoms with Gasteiger partial charge in [-0.25, -0.2) is 15.2 Å². The molecule has 32 heavy (non-hydrogen) atoms. The number of amides is 1. The summed E-state index contributed by atoms with van der Waals surface area (Å²) in [5.74, 6) is 0.0578. The van der Waals surface area contributed by atoms with Crippen molar-refractivity contribution in [3.63, 3.8) is 0 Å². The molecule has 8 heteroatoms. The Morgan fingerprint density at radius 2 is 2.00 bits per heavy atom. The number of carboxylic acid groups (broad SMARTS) is 1. The van der Waals surface area contributed by atoms with Gasteiger partial charge in [-0.15, -0.1) is 11.3 Å². The molecular formula is C24H33N3O4S. The molecule has 1 amide bonds. The van der Waals surface area contributed by atoms with Crippen molar-refractivity contribution in [1.82, 2.24) is 10.4 Å².